The summed E-state index contributed by atoms with van der Waals surface area (Å²) < 4.78 is 43.8. The molecule has 2 saturated heterocycles. The molecule has 1 aromatic carbocycles. The Balaban J connectivity index is 1.51. The second-order valence-electron chi connectivity index (χ2n) is 8.82. The van der Waals surface area contributed by atoms with Crippen LogP contribution in [0, 0.1) is 19.1 Å². The Bertz CT molecular complexity index is 1060. The number of halogens is 3. The monoisotopic (exact) mass is 463 g/mol. The van der Waals surface area contributed by atoms with Crippen LogP contribution in [0.25, 0.3) is 0 Å². The zero-order chi connectivity index (χ0) is 23.9. The van der Waals surface area contributed by atoms with Gasteiger partial charge in [0.15, 0.2) is 6.20 Å². The molecule has 6 nitrogen and oxygen atoms in total. The summed E-state index contributed by atoms with van der Waals surface area (Å²) >= 11 is 0. The first-order chi connectivity index (χ1) is 15.6. The van der Waals surface area contributed by atoms with Crippen LogP contribution in [0.1, 0.15) is 58.0 Å². The van der Waals surface area contributed by atoms with Crippen molar-refractivity contribution in [3.8, 4) is 5.75 Å². The average Bonchev–Trinajstić information content (AvgIpc) is 2.78. The van der Waals surface area contributed by atoms with Crippen LogP contribution < -0.4 is 9.47 Å². The molecule has 2 aromatic rings. The number of fused-ring (bicyclic) bond motifs is 1. The first-order valence-electron chi connectivity index (χ1n) is 11.1. The summed E-state index contributed by atoms with van der Waals surface area (Å²) in [7, 11) is 1.67. The van der Waals surface area contributed by atoms with Crippen molar-refractivity contribution in [2.24, 2.45) is 0 Å². The number of alkyl halides is 3. The van der Waals surface area contributed by atoms with Gasteiger partial charge in [-0.05, 0) is 61.9 Å². The van der Waals surface area contributed by atoms with Gasteiger partial charge in [0.05, 0.1) is 7.11 Å². The van der Waals surface area contributed by atoms with Crippen LogP contribution in [-0.2, 0) is 6.18 Å². The molecule has 2 aliphatic rings. The van der Waals surface area contributed by atoms with E-state index in [4.69, 9.17) is 4.74 Å². The zero-order valence-electron chi connectivity index (χ0n) is 19.0. The molecule has 1 amide bonds. The van der Waals surface area contributed by atoms with Gasteiger partial charge in [-0.3, -0.25) is 9.69 Å². The first-order valence-corrected chi connectivity index (χ1v) is 11.1. The zero-order valence-corrected chi connectivity index (χ0v) is 19.0. The Morgan fingerprint density at radius 1 is 1.12 bits per heavy atom. The number of methoxy groups -OCH3 is 1. The quantitative estimate of drug-likeness (QED) is 0.510. The highest BCUT2D eigenvalue weighted by molar-refractivity contribution is 5.93. The predicted molar refractivity (Wildman–Crippen MR) is 116 cm³/mol. The summed E-state index contributed by atoms with van der Waals surface area (Å²) in [5, 5.41) is 11.8. The van der Waals surface area contributed by atoms with Crippen molar-refractivity contribution in [3.63, 3.8) is 0 Å². The third-order valence-corrected chi connectivity index (χ3v) is 7.04. The molecule has 4 rings (SSSR count). The maximum Gasteiger partial charge on any atom is 0.478 e. The van der Waals surface area contributed by atoms with Crippen molar-refractivity contribution in [1.29, 1.82) is 0 Å². The Labute approximate surface area is 191 Å². The molecule has 0 aliphatic carbocycles. The molecule has 0 bridgehead atoms. The van der Waals surface area contributed by atoms with E-state index < -0.39 is 17.8 Å². The van der Waals surface area contributed by atoms with Crippen LogP contribution in [0.4, 0.5) is 13.2 Å². The van der Waals surface area contributed by atoms with E-state index in [0.29, 0.717) is 25.7 Å². The number of pyridine rings is 1. The van der Waals surface area contributed by atoms with Crippen LogP contribution >= 0.6 is 0 Å². The number of benzene rings is 1. The lowest BCUT2D eigenvalue weighted by atomic mass is 9.86. The number of rotatable bonds is 3. The smallest absolute Gasteiger partial charge is 0.478 e. The molecular formula is C24H28F3N3O3. The van der Waals surface area contributed by atoms with Gasteiger partial charge in [-0.1, -0.05) is 6.07 Å². The van der Waals surface area contributed by atoms with E-state index in [-0.39, 0.29) is 22.4 Å². The molecule has 0 unspecified atom stereocenters. The molecule has 0 saturated carbocycles. The number of piperazine rings is 1. The fourth-order valence-electron chi connectivity index (χ4n) is 5.18. The van der Waals surface area contributed by atoms with E-state index in [0.717, 1.165) is 42.8 Å². The summed E-state index contributed by atoms with van der Waals surface area (Å²) in [5.41, 5.74) is 2.25. The van der Waals surface area contributed by atoms with Gasteiger partial charge in [0.1, 0.15) is 11.3 Å². The topological polar surface area (TPSA) is 59.7 Å². The van der Waals surface area contributed by atoms with E-state index >= 15 is 0 Å². The highest BCUT2D eigenvalue weighted by Crippen LogP contribution is 2.39. The number of carbonyl (C=O) groups excluding carboxylic acids is 1. The minimum absolute atomic E-state index is 0.0274. The molecule has 1 aromatic heterocycles. The fraction of sp³-hybridized carbons (Fsp3) is 0.500. The summed E-state index contributed by atoms with van der Waals surface area (Å²) in [6.45, 7) is 5.78. The number of carbonyl (C=O) groups is 1. The summed E-state index contributed by atoms with van der Waals surface area (Å²) in [4.78, 5) is 17.1. The Morgan fingerprint density at radius 2 is 1.88 bits per heavy atom. The summed E-state index contributed by atoms with van der Waals surface area (Å²) in [6.07, 6.45) is -1.02. The van der Waals surface area contributed by atoms with E-state index in [1.165, 1.54) is 11.1 Å². The number of piperidine rings is 1. The highest BCUT2D eigenvalue weighted by atomic mass is 19.4. The molecule has 2 fully saturated rings. The van der Waals surface area contributed by atoms with Crippen LogP contribution in [0.3, 0.4) is 0 Å². The van der Waals surface area contributed by atoms with Crippen molar-refractivity contribution in [1.82, 2.24) is 9.80 Å². The number of amides is 1. The molecule has 2 aliphatic heterocycles. The summed E-state index contributed by atoms with van der Waals surface area (Å²) in [6, 6.07) is 6.30. The lowest BCUT2D eigenvalue weighted by molar-refractivity contribution is -0.629. The summed E-state index contributed by atoms with van der Waals surface area (Å²) in [5.74, 6) is 0.456. The van der Waals surface area contributed by atoms with Crippen molar-refractivity contribution in [2.75, 3.05) is 26.7 Å². The highest BCUT2D eigenvalue weighted by Gasteiger charge is 2.41. The van der Waals surface area contributed by atoms with Gasteiger partial charge in [0.25, 0.3) is 11.6 Å². The molecular weight excluding hydrogens is 435 g/mol. The average molecular weight is 464 g/mol. The fourth-order valence-corrected chi connectivity index (χ4v) is 5.18. The standard InChI is InChI=1S/C24H28F3N3O3/c1-15-16(2)21(33-3)9-8-19(15)20-6-4-5-18-14-28(11-12-29(18)20)23(31)17-7-10-22(24(25,26)27)30(32)13-17/h7-10,13,18,20H,4-6,11-12,14H2,1-3H3/t18-,20+/m0/s1. The Morgan fingerprint density at radius 3 is 2.55 bits per heavy atom. The number of aromatic nitrogens is 1. The van der Waals surface area contributed by atoms with Gasteiger partial charge in [-0.2, -0.15) is 17.9 Å². The molecule has 178 valence electrons. The van der Waals surface area contributed by atoms with Crippen LogP contribution in [0.2, 0.25) is 0 Å². The van der Waals surface area contributed by atoms with E-state index in [1.807, 2.05) is 6.07 Å². The second-order valence-corrected chi connectivity index (χ2v) is 8.82. The van der Waals surface area contributed by atoms with E-state index in [2.05, 4.69) is 24.8 Å². The van der Waals surface area contributed by atoms with Gasteiger partial charge in [0, 0.05) is 37.8 Å². The SMILES string of the molecule is COc1ccc([C@H]2CCC[C@H]3CN(C(=O)c4ccc(C(F)(F)F)[n+]([O-])c4)CCN32)c(C)c1C. The van der Waals surface area contributed by atoms with Crippen LogP contribution in [0.5, 0.6) is 5.75 Å². The molecule has 0 spiro atoms. The molecule has 2 atom stereocenters. The predicted octanol–water partition coefficient (Wildman–Crippen LogP) is 4.02. The van der Waals surface area contributed by atoms with Crippen molar-refractivity contribution >= 4 is 5.91 Å². The second kappa shape index (κ2) is 8.85. The lowest BCUT2D eigenvalue weighted by Gasteiger charge is -2.48. The van der Waals surface area contributed by atoms with Gasteiger partial charge in [-0.25, -0.2) is 0 Å². The minimum Gasteiger partial charge on any atom is -0.618 e. The molecule has 0 radical (unpaired) electrons. The number of hydrogen-bond acceptors (Lipinski definition) is 4. The van der Waals surface area contributed by atoms with Crippen molar-refractivity contribution in [2.45, 2.75) is 51.4 Å². The van der Waals surface area contributed by atoms with Crippen molar-refractivity contribution in [3.05, 3.63) is 63.6 Å². The third kappa shape index (κ3) is 4.38. The third-order valence-electron chi connectivity index (χ3n) is 7.04. The number of nitrogens with zero attached hydrogens (tertiary/aromatic N) is 3. The lowest BCUT2D eigenvalue weighted by Crippen LogP contribution is -2.57. The number of ether oxygens (including phenoxy) is 1. The first kappa shape index (κ1) is 23.4. The minimum atomic E-state index is -4.76. The normalized spacial score (nSPS) is 21.6. The maximum absolute atomic E-state index is 13.0. The van der Waals surface area contributed by atoms with Crippen LogP contribution in [-0.4, -0.2) is 48.5 Å². The number of hydrogen-bond donors (Lipinski definition) is 0. The van der Waals surface area contributed by atoms with Gasteiger partial charge >= 0.3 is 6.18 Å². The molecule has 3 heterocycles. The molecule has 33 heavy (non-hydrogen) atoms. The van der Waals surface area contributed by atoms with E-state index in [9.17, 15) is 23.2 Å². The van der Waals surface area contributed by atoms with Crippen molar-refractivity contribution < 1.29 is 27.4 Å². The van der Waals surface area contributed by atoms with Crippen LogP contribution in [0.15, 0.2) is 30.5 Å². The van der Waals surface area contributed by atoms with Gasteiger partial charge < -0.3 is 14.8 Å². The Kier molecular flexibility index (Phi) is 6.26. The Hall–Kier alpha value is -2.81. The van der Waals surface area contributed by atoms with Gasteiger partial charge in [0.2, 0.25) is 0 Å². The molecule has 9 heteroatoms. The largest absolute Gasteiger partial charge is 0.618 e. The maximum atomic E-state index is 13.0. The van der Waals surface area contributed by atoms with Gasteiger partial charge in [-0.15, -0.1) is 0 Å². The van der Waals surface area contributed by atoms with E-state index in [1.54, 1.807) is 12.0 Å². The molecule has 0 N–H and O–H groups in total.